The molecule has 18 heavy (non-hydrogen) atoms. The minimum Gasteiger partial charge on any atom is -0.486 e. The van der Waals surface area contributed by atoms with Crippen molar-refractivity contribution in [2.24, 2.45) is 0 Å². The second-order valence-electron chi connectivity index (χ2n) is 3.58. The molecule has 0 heterocycles. The van der Waals surface area contributed by atoms with Crippen LogP contribution < -0.4 is 4.74 Å². The Hall–Kier alpha value is -1.58. The zero-order valence-electron chi connectivity index (χ0n) is 9.72. The molecule has 0 aliphatic rings. The summed E-state index contributed by atoms with van der Waals surface area (Å²) in [4.78, 5) is 10.4. The van der Waals surface area contributed by atoms with Gasteiger partial charge >= 0.3 is 5.69 Å². The van der Waals surface area contributed by atoms with E-state index in [1.165, 1.54) is 13.0 Å². The maximum absolute atomic E-state index is 11.0. The summed E-state index contributed by atoms with van der Waals surface area (Å²) in [5.74, 6) is 2.44. The van der Waals surface area contributed by atoms with E-state index in [-0.39, 0.29) is 18.0 Å². The smallest absolute Gasteiger partial charge is 0.312 e. The molecule has 1 rings (SSSR count). The number of nitro groups is 1. The molecule has 0 radical (unpaired) electrons. The van der Waals surface area contributed by atoms with Gasteiger partial charge in [0, 0.05) is 22.5 Å². The van der Waals surface area contributed by atoms with Crippen LogP contribution in [0.2, 0.25) is 0 Å². The molecule has 0 unspecified atom stereocenters. The van der Waals surface area contributed by atoms with Crippen molar-refractivity contribution >= 4 is 21.6 Å². The zero-order chi connectivity index (χ0) is 13.7. The predicted octanol–water partition coefficient (Wildman–Crippen LogP) is 2.81. The molecule has 0 aromatic heterocycles. The molecule has 0 aliphatic carbocycles. The molecule has 0 aliphatic heterocycles. The van der Waals surface area contributed by atoms with Gasteiger partial charge < -0.3 is 9.84 Å². The lowest BCUT2D eigenvalue weighted by Gasteiger charge is -2.13. The third-order valence-electron chi connectivity index (χ3n) is 2.20. The minimum atomic E-state index is -0.873. The first-order valence-electron chi connectivity index (χ1n) is 5.19. The highest BCUT2D eigenvalue weighted by atomic mass is 79.9. The number of hydrogen-bond acceptors (Lipinski definition) is 4. The monoisotopic (exact) mass is 313 g/mol. The lowest BCUT2D eigenvalue weighted by atomic mass is 10.1. The van der Waals surface area contributed by atoms with Gasteiger partial charge in [0.15, 0.2) is 0 Å². The Balaban J connectivity index is 3.23. The lowest BCUT2D eigenvalue weighted by molar-refractivity contribution is -0.386. The van der Waals surface area contributed by atoms with Crippen LogP contribution in [0.3, 0.4) is 0 Å². The highest BCUT2D eigenvalue weighted by Gasteiger charge is 2.23. The molecule has 6 heteroatoms. The van der Waals surface area contributed by atoms with Crippen LogP contribution in [-0.4, -0.2) is 16.6 Å². The van der Waals surface area contributed by atoms with Crippen molar-refractivity contribution in [3.63, 3.8) is 0 Å². The lowest BCUT2D eigenvalue weighted by Crippen LogP contribution is -2.05. The Bertz CT molecular complexity index is 494. The average Bonchev–Trinajstić information content (AvgIpc) is 2.30. The average molecular weight is 314 g/mol. The molecule has 0 fully saturated rings. The third-order valence-corrected chi connectivity index (χ3v) is 2.66. The van der Waals surface area contributed by atoms with Crippen molar-refractivity contribution in [2.75, 3.05) is 6.61 Å². The van der Waals surface area contributed by atoms with Gasteiger partial charge in [0.2, 0.25) is 5.75 Å². The minimum absolute atomic E-state index is 0.0634. The summed E-state index contributed by atoms with van der Waals surface area (Å²) in [5.41, 5.74) is 0.158. The standard InChI is InChI=1S/C12H12BrNO4/c1-3-4-5-18-12-10(8(2)15)6-9(13)7-11(12)14(16)17/h1,6-8,15H,4-5H2,2H3/t8-/m1/s1. The van der Waals surface area contributed by atoms with Crippen molar-refractivity contribution in [1.82, 2.24) is 0 Å². The Labute approximate surface area is 113 Å². The molecular weight excluding hydrogens is 302 g/mol. The predicted molar refractivity (Wildman–Crippen MR) is 70.4 cm³/mol. The maximum Gasteiger partial charge on any atom is 0.312 e. The van der Waals surface area contributed by atoms with Crippen molar-refractivity contribution in [1.29, 1.82) is 0 Å². The van der Waals surface area contributed by atoms with Gasteiger partial charge in [-0.25, -0.2) is 0 Å². The van der Waals surface area contributed by atoms with Gasteiger partial charge in [-0.3, -0.25) is 10.1 Å². The first-order valence-corrected chi connectivity index (χ1v) is 5.98. The van der Waals surface area contributed by atoms with Gasteiger partial charge in [-0.2, -0.15) is 0 Å². The fourth-order valence-electron chi connectivity index (χ4n) is 1.42. The number of aliphatic hydroxyl groups is 1. The number of rotatable bonds is 5. The summed E-state index contributed by atoms with van der Waals surface area (Å²) in [6.07, 6.45) is 4.56. The van der Waals surface area contributed by atoms with Crippen LogP contribution in [0.1, 0.15) is 25.0 Å². The van der Waals surface area contributed by atoms with E-state index in [9.17, 15) is 15.2 Å². The zero-order valence-corrected chi connectivity index (χ0v) is 11.3. The van der Waals surface area contributed by atoms with Crippen LogP contribution in [0, 0.1) is 22.5 Å². The van der Waals surface area contributed by atoms with Crippen LogP contribution in [0.25, 0.3) is 0 Å². The summed E-state index contributed by atoms with van der Waals surface area (Å²) in [6.45, 7) is 1.68. The summed E-state index contributed by atoms with van der Waals surface area (Å²) in [5, 5.41) is 20.6. The summed E-state index contributed by atoms with van der Waals surface area (Å²) >= 11 is 3.16. The van der Waals surface area contributed by atoms with Gasteiger partial charge in [-0.05, 0) is 13.0 Å². The van der Waals surface area contributed by atoms with Crippen LogP contribution in [0.5, 0.6) is 5.75 Å². The number of ether oxygens (including phenoxy) is 1. The number of nitrogens with zero attached hydrogens (tertiary/aromatic N) is 1. The van der Waals surface area contributed by atoms with E-state index in [1.807, 2.05) is 0 Å². The number of benzene rings is 1. The van der Waals surface area contributed by atoms with Gasteiger partial charge in [-0.15, -0.1) is 12.3 Å². The van der Waals surface area contributed by atoms with Crippen molar-refractivity contribution in [2.45, 2.75) is 19.4 Å². The molecule has 1 aromatic rings. The first kappa shape index (κ1) is 14.5. The van der Waals surface area contributed by atoms with E-state index in [1.54, 1.807) is 6.07 Å². The fraction of sp³-hybridized carbons (Fsp3) is 0.333. The molecule has 0 saturated carbocycles. The Kier molecular flexibility index (Phi) is 5.13. The molecule has 1 N–H and O–H groups in total. The normalized spacial score (nSPS) is 11.7. The quantitative estimate of drug-likeness (QED) is 0.392. The number of nitro benzene ring substituents is 1. The molecule has 5 nitrogen and oxygen atoms in total. The summed E-state index contributed by atoms with van der Waals surface area (Å²) in [7, 11) is 0. The molecule has 0 amide bonds. The highest BCUT2D eigenvalue weighted by Crippen LogP contribution is 2.37. The first-order chi connectivity index (χ1) is 8.47. The molecule has 0 saturated heterocycles. The van der Waals surface area contributed by atoms with Crippen molar-refractivity contribution in [3.05, 3.63) is 32.3 Å². The largest absolute Gasteiger partial charge is 0.486 e. The highest BCUT2D eigenvalue weighted by molar-refractivity contribution is 9.10. The van der Waals surface area contributed by atoms with Gasteiger partial charge in [0.25, 0.3) is 0 Å². The van der Waals surface area contributed by atoms with E-state index in [4.69, 9.17) is 11.2 Å². The van der Waals surface area contributed by atoms with E-state index in [0.717, 1.165) is 0 Å². The van der Waals surface area contributed by atoms with Crippen molar-refractivity contribution in [3.8, 4) is 18.1 Å². The third kappa shape index (κ3) is 3.45. The van der Waals surface area contributed by atoms with Gasteiger partial charge in [0.1, 0.15) is 0 Å². The molecular formula is C12H12BrNO4. The topological polar surface area (TPSA) is 72.6 Å². The molecule has 1 atom stereocenters. The van der Waals surface area contributed by atoms with E-state index < -0.39 is 11.0 Å². The van der Waals surface area contributed by atoms with E-state index in [0.29, 0.717) is 16.5 Å². The van der Waals surface area contributed by atoms with E-state index >= 15 is 0 Å². The molecule has 0 bridgehead atoms. The number of hydrogen-bond donors (Lipinski definition) is 1. The number of halogens is 1. The number of aliphatic hydroxyl groups excluding tert-OH is 1. The second-order valence-corrected chi connectivity index (χ2v) is 4.49. The maximum atomic E-state index is 11.0. The molecule has 96 valence electrons. The molecule has 0 spiro atoms. The summed E-state index contributed by atoms with van der Waals surface area (Å²) < 4.78 is 5.83. The van der Waals surface area contributed by atoms with Gasteiger partial charge in [0.05, 0.1) is 17.6 Å². The van der Waals surface area contributed by atoms with Crippen LogP contribution >= 0.6 is 15.9 Å². The second kappa shape index (κ2) is 6.38. The fourth-order valence-corrected chi connectivity index (χ4v) is 1.88. The van der Waals surface area contributed by atoms with Crippen molar-refractivity contribution < 1.29 is 14.8 Å². The Morgan fingerprint density at radius 3 is 2.83 bits per heavy atom. The van der Waals surface area contributed by atoms with E-state index in [2.05, 4.69) is 21.9 Å². The molecule has 1 aromatic carbocycles. The Morgan fingerprint density at radius 2 is 2.33 bits per heavy atom. The summed E-state index contributed by atoms with van der Waals surface area (Å²) in [6, 6.07) is 2.92. The van der Waals surface area contributed by atoms with Crippen LogP contribution in [0.4, 0.5) is 5.69 Å². The van der Waals surface area contributed by atoms with Gasteiger partial charge in [-0.1, -0.05) is 15.9 Å². The SMILES string of the molecule is C#CCCOc1c([C@@H](C)O)cc(Br)cc1[N+](=O)[O-]. The van der Waals surface area contributed by atoms with Crippen LogP contribution in [-0.2, 0) is 0 Å². The van der Waals surface area contributed by atoms with Crippen LogP contribution in [0.15, 0.2) is 16.6 Å². The number of terminal acetylenes is 1. The Morgan fingerprint density at radius 1 is 1.67 bits per heavy atom.